The molecule has 0 N–H and O–H groups in total. The first-order valence-electron chi connectivity index (χ1n) is 8.23. The minimum Gasteiger partial charge on any atom is -0.458 e. The summed E-state index contributed by atoms with van der Waals surface area (Å²) in [6.45, 7) is 11.5. The lowest BCUT2D eigenvalue weighted by Crippen LogP contribution is -2.28. The smallest absolute Gasteiger partial charge is 0.334 e. The van der Waals surface area contributed by atoms with E-state index in [2.05, 4.69) is 12.7 Å². The maximum atomic E-state index is 12.0. The highest BCUT2D eigenvalue weighted by Gasteiger charge is 2.40. The van der Waals surface area contributed by atoms with Crippen LogP contribution in [0.4, 0.5) is 0 Å². The number of ether oxygens (including phenoxy) is 2. The molecule has 0 bridgehead atoms. The molecular weight excluding hydrogens is 292 g/mol. The first-order chi connectivity index (χ1) is 10.8. The van der Waals surface area contributed by atoms with Crippen molar-refractivity contribution in [3.8, 4) is 0 Å². The van der Waals surface area contributed by atoms with E-state index in [0.29, 0.717) is 12.0 Å². The van der Waals surface area contributed by atoms with Gasteiger partial charge in [0, 0.05) is 11.5 Å². The summed E-state index contributed by atoms with van der Waals surface area (Å²) >= 11 is 0. The third-order valence-electron chi connectivity index (χ3n) is 4.51. The molecule has 0 radical (unpaired) electrons. The molecule has 2 rings (SSSR count). The summed E-state index contributed by atoms with van der Waals surface area (Å²) in [6.07, 6.45) is 5.80. The van der Waals surface area contributed by atoms with Crippen molar-refractivity contribution in [3.63, 3.8) is 0 Å². The summed E-state index contributed by atoms with van der Waals surface area (Å²) in [5, 5.41) is 0. The Morgan fingerprint density at radius 1 is 1.39 bits per heavy atom. The largest absolute Gasteiger partial charge is 0.458 e. The zero-order valence-electron chi connectivity index (χ0n) is 14.4. The number of allylic oxidation sites excluding steroid dienone is 2. The molecule has 0 aromatic rings. The van der Waals surface area contributed by atoms with Gasteiger partial charge in [-0.3, -0.25) is 4.79 Å². The molecule has 0 aromatic carbocycles. The zero-order chi connectivity index (χ0) is 17.1. The van der Waals surface area contributed by atoms with Crippen molar-refractivity contribution in [1.82, 2.24) is 0 Å². The third kappa shape index (κ3) is 4.12. The van der Waals surface area contributed by atoms with Gasteiger partial charge in [-0.1, -0.05) is 32.1 Å². The summed E-state index contributed by atoms with van der Waals surface area (Å²) in [4.78, 5) is 23.9. The number of fused-ring (bicyclic) bond motifs is 1. The van der Waals surface area contributed by atoms with Crippen LogP contribution in [0.15, 0.2) is 35.5 Å². The summed E-state index contributed by atoms with van der Waals surface area (Å²) in [5.41, 5.74) is 2.70. The van der Waals surface area contributed by atoms with Crippen LogP contribution in [0.3, 0.4) is 0 Å². The number of hydrogen-bond donors (Lipinski definition) is 0. The lowest BCUT2D eigenvalue weighted by Gasteiger charge is -2.25. The van der Waals surface area contributed by atoms with Crippen LogP contribution >= 0.6 is 0 Å². The monoisotopic (exact) mass is 318 g/mol. The van der Waals surface area contributed by atoms with Crippen molar-refractivity contribution < 1.29 is 19.1 Å². The molecule has 1 fully saturated rings. The van der Waals surface area contributed by atoms with Crippen LogP contribution in [0.5, 0.6) is 0 Å². The Labute approximate surface area is 138 Å². The Morgan fingerprint density at radius 2 is 2.09 bits per heavy atom. The quantitative estimate of drug-likeness (QED) is 0.442. The van der Waals surface area contributed by atoms with Gasteiger partial charge in [0.2, 0.25) is 0 Å². The topological polar surface area (TPSA) is 52.6 Å². The summed E-state index contributed by atoms with van der Waals surface area (Å²) < 4.78 is 11.1. The van der Waals surface area contributed by atoms with Crippen LogP contribution in [0.1, 0.15) is 47.0 Å². The Bertz CT molecular complexity index is 568. The van der Waals surface area contributed by atoms with Gasteiger partial charge in [-0.2, -0.15) is 0 Å². The van der Waals surface area contributed by atoms with E-state index in [-0.39, 0.29) is 36.0 Å². The molecule has 3 atom stereocenters. The van der Waals surface area contributed by atoms with Crippen LogP contribution in [0.2, 0.25) is 0 Å². The first kappa shape index (κ1) is 17.5. The van der Waals surface area contributed by atoms with Crippen molar-refractivity contribution in [3.05, 3.63) is 35.5 Å². The molecule has 0 unspecified atom stereocenters. The van der Waals surface area contributed by atoms with Gasteiger partial charge in [-0.25, -0.2) is 4.79 Å². The van der Waals surface area contributed by atoms with Gasteiger partial charge in [0.15, 0.2) is 0 Å². The van der Waals surface area contributed by atoms with E-state index in [9.17, 15) is 9.59 Å². The van der Waals surface area contributed by atoms with Crippen LogP contribution in [-0.4, -0.2) is 24.1 Å². The number of carbonyl (C=O) groups excluding carboxylic acids is 2. The average molecular weight is 318 g/mol. The molecule has 126 valence electrons. The Balaban J connectivity index is 2.29. The predicted octanol–water partition coefficient (Wildman–Crippen LogP) is 3.73. The average Bonchev–Trinajstić information content (AvgIpc) is 2.73. The Kier molecular flexibility index (Phi) is 5.45. The molecule has 1 aliphatic carbocycles. The number of rotatable bonds is 2. The van der Waals surface area contributed by atoms with E-state index >= 15 is 0 Å². The molecule has 23 heavy (non-hydrogen) atoms. The highest BCUT2D eigenvalue weighted by molar-refractivity contribution is 5.91. The second kappa shape index (κ2) is 7.16. The lowest BCUT2D eigenvalue weighted by atomic mass is 9.86. The summed E-state index contributed by atoms with van der Waals surface area (Å²) in [6, 6.07) is 0. The normalized spacial score (nSPS) is 33.2. The molecule has 0 saturated carbocycles. The van der Waals surface area contributed by atoms with Gasteiger partial charge in [0.25, 0.3) is 0 Å². The molecule has 1 heterocycles. The number of esters is 2. The molecule has 0 spiro atoms. The van der Waals surface area contributed by atoms with E-state index in [0.717, 1.165) is 18.4 Å². The SMILES string of the molecule is C=C1C(=O)O[C@@H]2/C=C(\C)CC/C=C(\C)[C@@H](OC(=O)C(C)C)C[C@@H]12. The molecule has 4 heteroatoms. The van der Waals surface area contributed by atoms with Crippen molar-refractivity contribution >= 4 is 11.9 Å². The van der Waals surface area contributed by atoms with E-state index in [1.807, 2.05) is 33.8 Å². The molecular formula is C19H26O4. The predicted molar refractivity (Wildman–Crippen MR) is 88.6 cm³/mol. The summed E-state index contributed by atoms with van der Waals surface area (Å²) in [7, 11) is 0. The van der Waals surface area contributed by atoms with Gasteiger partial charge >= 0.3 is 11.9 Å². The van der Waals surface area contributed by atoms with Gasteiger partial charge in [0.1, 0.15) is 12.2 Å². The first-order valence-corrected chi connectivity index (χ1v) is 8.23. The zero-order valence-corrected chi connectivity index (χ0v) is 14.4. The van der Waals surface area contributed by atoms with Gasteiger partial charge in [-0.15, -0.1) is 0 Å². The molecule has 1 saturated heterocycles. The molecule has 4 nitrogen and oxygen atoms in total. The van der Waals surface area contributed by atoms with Gasteiger partial charge in [0.05, 0.1) is 5.92 Å². The maximum absolute atomic E-state index is 12.0. The summed E-state index contributed by atoms with van der Waals surface area (Å²) in [5.74, 6) is -0.900. The fourth-order valence-electron chi connectivity index (χ4n) is 2.91. The molecule has 0 amide bonds. The van der Waals surface area contributed by atoms with E-state index in [1.54, 1.807) is 0 Å². The molecule has 1 aliphatic heterocycles. The molecule has 2 aliphatic rings. The van der Waals surface area contributed by atoms with Crippen LogP contribution in [-0.2, 0) is 19.1 Å². The fourth-order valence-corrected chi connectivity index (χ4v) is 2.91. The highest BCUT2D eigenvalue weighted by Crippen LogP contribution is 2.35. The third-order valence-corrected chi connectivity index (χ3v) is 4.51. The van der Waals surface area contributed by atoms with Crippen LogP contribution in [0, 0.1) is 11.8 Å². The van der Waals surface area contributed by atoms with Crippen LogP contribution in [0.25, 0.3) is 0 Å². The van der Waals surface area contributed by atoms with Crippen molar-refractivity contribution in [2.24, 2.45) is 11.8 Å². The standard InChI is InChI=1S/C19H26O4/c1-11(2)18(20)22-16-10-15-14(5)19(21)23-17(15)9-12(3)7-6-8-13(16)4/h8-9,11,15-17H,5-7,10H2,1-4H3/b12-9+,13-8+/t15-,16-,17+/m0/s1. The van der Waals surface area contributed by atoms with Crippen molar-refractivity contribution in [1.29, 1.82) is 0 Å². The van der Waals surface area contributed by atoms with Crippen LogP contribution < -0.4 is 0 Å². The second-order valence-electron chi connectivity index (χ2n) is 6.82. The number of carbonyl (C=O) groups is 2. The van der Waals surface area contributed by atoms with Gasteiger partial charge < -0.3 is 9.47 Å². The van der Waals surface area contributed by atoms with E-state index in [1.165, 1.54) is 5.57 Å². The Hall–Kier alpha value is -1.84. The van der Waals surface area contributed by atoms with E-state index in [4.69, 9.17) is 9.47 Å². The molecule has 0 aromatic heterocycles. The highest BCUT2D eigenvalue weighted by atomic mass is 16.6. The minimum absolute atomic E-state index is 0.149. The van der Waals surface area contributed by atoms with Gasteiger partial charge in [-0.05, 0) is 44.8 Å². The second-order valence-corrected chi connectivity index (χ2v) is 6.82. The Morgan fingerprint density at radius 3 is 2.74 bits per heavy atom. The lowest BCUT2D eigenvalue weighted by molar-refractivity contribution is -0.152. The maximum Gasteiger partial charge on any atom is 0.334 e. The van der Waals surface area contributed by atoms with E-state index < -0.39 is 0 Å². The fraction of sp³-hybridized carbons (Fsp3) is 0.579. The van der Waals surface area contributed by atoms with Crippen molar-refractivity contribution in [2.75, 3.05) is 0 Å². The van der Waals surface area contributed by atoms with Crippen molar-refractivity contribution in [2.45, 2.75) is 59.2 Å². The minimum atomic E-state index is -0.348. The number of hydrogen-bond acceptors (Lipinski definition) is 4.